The first-order chi connectivity index (χ1) is 9.15. The van der Waals surface area contributed by atoms with Gasteiger partial charge in [0, 0.05) is 25.4 Å². The molecule has 1 aromatic rings. The van der Waals surface area contributed by atoms with Crippen molar-refractivity contribution in [2.24, 2.45) is 0 Å². The zero-order valence-corrected chi connectivity index (χ0v) is 11.6. The van der Waals surface area contributed by atoms with E-state index in [1.165, 1.54) is 12.8 Å². The lowest BCUT2D eigenvalue weighted by atomic mass is 10.1. The van der Waals surface area contributed by atoms with Crippen molar-refractivity contribution in [1.82, 2.24) is 4.90 Å². The predicted molar refractivity (Wildman–Crippen MR) is 76.9 cm³/mol. The van der Waals surface area contributed by atoms with Gasteiger partial charge in [0.25, 0.3) is 0 Å². The standard InChI is InChI=1S/C15H24N2O2/c1-17(10-14-4-2-3-9-19-14)11-15(18)12-5-7-13(16)8-6-12/h5-8,14-15,18H,2-4,9-11,16H2,1H3. The van der Waals surface area contributed by atoms with E-state index in [4.69, 9.17) is 10.5 Å². The largest absolute Gasteiger partial charge is 0.399 e. The van der Waals surface area contributed by atoms with Crippen molar-refractivity contribution in [2.75, 3.05) is 32.5 Å². The number of likely N-dealkylation sites (N-methyl/N-ethyl adjacent to an activating group) is 1. The Kier molecular flexibility index (Phi) is 5.19. The molecule has 1 fully saturated rings. The molecule has 1 aromatic carbocycles. The number of benzene rings is 1. The maximum atomic E-state index is 10.2. The molecule has 106 valence electrons. The number of rotatable bonds is 5. The molecular weight excluding hydrogens is 240 g/mol. The fourth-order valence-electron chi connectivity index (χ4n) is 2.49. The van der Waals surface area contributed by atoms with E-state index in [1.807, 2.05) is 31.3 Å². The molecule has 0 aliphatic carbocycles. The highest BCUT2D eigenvalue weighted by Crippen LogP contribution is 2.17. The number of hydrogen-bond acceptors (Lipinski definition) is 4. The Morgan fingerprint density at radius 2 is 2.11 bits per heavy atom. The summed E-state index contributed by atoms with van der Waals surface area (Å²) in [5.74, 6) is 0. The van der Waals surface area contributed by atoms with Gasteiger partial charge in [-0.2, -0.15) is 0 Å². The molecule has 1 heterocycles. The minimum Gasteiger partial charge on any atom is -0.399 e. The van der Waals surface area contributed by atoms with Gasteiger partial charge >= 0.3 is 0 Å². The van der Waals surface area contributed by atoms with Crippen LogP contribution in [0.1, 0.15) is 30.9 Å². The molecular formula is C15H24N2O2. The number of hydrogen-bond donors (Lipinski definition) is 2. The summed E-state index contributed by atoms with van der Waals surface area (Å²) in [6.07, 6.45) is 3.39. The van der Waals surface area contributed by atoms with Crippen molar-refractivity contribution in [3.8, 4) is 0 Å². The minimum atomic E-state index is -0.478. The minimum absolute atomic E-state index is 0.317. The van der Waals surface area contributed by atoms with Gasteiger partial charge in [-0.05, 0) is 44.0 Å². The lowest BCUT2D eigenvalue weighted by Gasteiger charge is -2.28. The monoisotopic (exact) mass is 264 g/mol. The van der Waals surface area contributed by atoms with Gasteiger partial charge in [-0.15, -0.1) is 0 Å². The summed E-state index contributed by atoms with van der Waals surface area (Å²) in [5.41, 5.74) is 7.27. The number of anilines is 1. The van der Waals surface area contributed by atoms with Crippen molar-refractivity contribution in [3.05, 3.63) is 29.8 Å². The first-order valence-electron chi connectivity index (χ1n) is 6.99. The van der Waals surface area contributed by atoms with Crippen LogP contribution in [0.25, 0.3) is 0 Å². The quantitative estimate of drug-likeness (QED) is 0.796. The topological polar surface area (TPSA) is 58.7 Å². The lowest BCUT2D eigenvalue weighted by Crippen LogP contribution is -2.35. The maximum Gasteiger partial charge on any atom is 0.0916 e. The van der Waals surface area contributed by atoms with E-state index in [2.05, 4.69) is 4.90 Å². The highest BCUT2D eigenvalue weighted by Gasteiger charge is 2.18. The van der Waals surface area contributed by atoms with Crippen LogP contribution in [0.15, 0.2) is 24.3 Å². The fraction of sp³-hybridized carbons (Fsp3) is 0.600. The summed E-state index contributed by atoms with van der Waals surface area (Å²) in [5, 5.41) is 10.2. The number of nitrogen functional groups attached to an aromatic ring is 1. The third-order valence-electron chi connectivity index (χ3n) is 3.60. The van der Waals surface area contributed by atoms with Crippen molar-refractivity contribution in [3.63, 3.8) is 0 Å². The normalized spacial score (nSPS) is 21.5. The van der Waals surface area contributed by atoms with E-state index in [1.54, 1.807) is 0 Å². The van der Waals surface area contributed by atoms with Crippen LogP contribution in [0, 0.1) is 0 Å². The molecule has 2 atom stereocenters. The summed E-state index contributed by atoms with van der Waals surface area (Å²) < 4.78 is 5.71. The molecule has 4 nitrogen and oxygen atoms in total. The van der Waals surface area contributed by atoms with E-state index in [9.17, 15) is 5.11 Å². The smallest absolute Gasteiger partial charge is 0.0916 e. The first kappa shape index (κ1) is 14.3. The molecule has 2 rings (SSSR count). The molecule has 1 aliphatic heterocycles. The Hall–Kier alpha value is -1.10. The van der Waals surface area contributed by atoms with E-state index < -0.39 is 6.10 Å². The third kappa shape index (κ3) is 4.49. The van der Waals surface area contributed by atoms with Crippen molar-refractivity contribution in [2.45, 2.75) is 31.5 Å². The first-order valence-corrected chi connectivity index (χ1v) is 6.99. The van der Waals surface area contributed by atoms with Gasteiger partial charge in [0.15, 0.2) is 0 Å². The van der Waals surface area contributed by atoms with E-state index in [-0.39, 0.29) is 0 Å². The summed E-state index contributed by atoms with van der Waals surface area (Å²) in [6.45, 7) is 2.37. The number of nitrogens with two attached hydrogens (primary N) is 1. The van der Waals surface area contributed by atoms with Crippen LogP contribution in [0.5, 0.6) is 0 Å². The summed E-state index contributed by atoms with van der Waals surface area (Å²) in [6, 6.07) is 7.40. The molecule has 1 saturated heterocycles. The molecule has 0 bridgehead atoms. The Morgan fingerprint density at radius 3 is 2.74 bits per heavy atom. The molecule has 0 saturated carbocycles. The number of aliphatic hydroxyl groups excluding tert-OH is 1. The van der Waals surface area contributed by atoms with Crippen LogP contribution in [0.3, 0.4) is 0 Å². The molecule has 1 aliphatic rings. The average molecular weight is 264 g/mol. The SMILES string of the molecule is CN(CC1CCCCO1)CC(O)c1ccc(N)cc1. The van der Waals surface area contributed by atoms with Crippen LogP contribution in [0.4, 0.5) is 5.69 Å². The van der Waals surface area contributed by atoms with Crippen LogP contribution in [-0.4, -0.2) is 42.9 Å². The van der Waals surface area contributed by atoms with Gasteiger partial charge in [-0.25, -0.2) is 0 Å². The van der Waals surface area contributed by atoms with Crippen molar-refractivity contribution >= 4 is 5.69 Å². The summed E-state index contributed by atoms with van der Waals surface area (Å²) in [4.78, 5) is 2.14. The number of nitrogens with zero attached hydrogens (tertiary/aromatic N) is 1. The Balaban J connectivity index is 1.80. The van der Waals surface area contributed by atoms with Crippen LogP contribution in [-0.2, 0) is 4.74 Å². The van der Waals surface area contributed by atoms with Crippen LogP contribution in [0.2, 0.25) is 0 Å². The van der Waals surface area contributed by atoms with Gasteiger partial charge in [-0.3, -0.25) is 0 Å². The van der Waals surface area contributed by atoms with Gasteiger partial charge in [0.2, 0.25) is 0 Å². The molecule has 0 radical (unpaired) electrons. The Bertz CT molecular complexity index is 374. The van der Waals surface area contributed by atoms with Crippen LogP contribution < -0.4 is 5.73 Å². The second-order valence-corrected chi connectivity index (χ2v) is 5.39. The molecule has 0 amide bonds. The number of ether oxygens (including phenoxy) is 1. The second-order valence-electron chi connectivity index (χ2n) is 5.39. The predicted octanol–water partition coefficient (Wildman–Crippen LogP) is 1.80. The van der Waals surface area contributed by atoms with Gasteiger partial charge in [0.1, 0.15) is 0 Å². The highest BCUT2D eigenvalue weighted by atomic mass is 16.5. The second kappa shape index (κ2) is 6.89. The van der Waals surface area contributed by atoms with Gasteiger partial charge in [-0.1, -0.05) is 12.1 Å². The lowest BCUT2D eigenvalue weighted by molar-refractivity contribution is -0.00795. The maximum absolute atomic E-state index is 10.2. The number of aliphatic hydroxyl groups is 1. The molecule has 3 N–H and O–H groups in total. The molecule has 0 spiro atoms. The van der Waals surface area contributed by atoms with E-state index in [0.29, 0.717) is 12.6 Å². The van der Waals surface area contributed by atoms with E-state index in [0.717, 1.165) is 30.8 Å². The average Bonchev–Trinajstić information content (AvgIpc) is 2.40. The summed E-state index contributed by atoms with van der Waals surface area (Å²) in [7, 11) is 2.03. The van der Waals surface area contributed by atoms with Gasteiger partial charge < -0.3 is 20.5 Å². The summed E-state index contributed by atoms with van der Waals surface area (Å²) >= 11 is 0. The van der Waals surface area contributed by atoms with Crippen molar-refractivity contribution in [1.29, 1.82) is 0 Å². The molecule has 4 heteroatoms. The van der Waals surface area contributed by atoms with E-state index >= 15 is 0 Å². The Labute approximate surface area is 115 Å². The highest BCUT2D eigenvalue weighted by molar-refractivity contribution is 5.39. The zero-order chi connectivity index (χ0) is 13.7. The van der Waals surface area contributed by atoms with Gasteiger partial charge in [0.05, 0.1) is 12.2 Å². The molecule has 19 heavy (non-hydrogen) atoms. The fourth-order valence-corrected chi connectivity index (χ4v) is 2.49. The Morgan fingerprint density at radius 1 is 1.37 bits per heavy atom. The molecule has 2 unspecified atom stereocenters. The molecule has 0 aromatic heterocycles. The van der Waals surface area contributed by atoms with Crippen LogP contribution >= 0.6 is 0 Å². The van der Waals surface area contributed by atoms with Crippen molar-refractivity contribution < 1.29 is 9.84 Å². The third-order valence-corrected chi connectivity index (χ3v) is 3.60. The zero-order valence-electron chi connectivity index (χ0n) is 11.6.